The fourth-order valence-corrected chi connectivity index (χ4v) is 1.82. The molecule has 0 aliphatic rings. The highest BCUT2D eigenvalue weighted by Crippen LogP contribution is 2.22. The van der Waals surface area contributed by atoms with Gasteiger partial charge in [-0.25, -0.2) is 5.10 Å². The van der Waals surface area contributed by atoms with Gasteiger partial charge in [0.2, 0.25) is 0 Å². The normalized spacial score (nSPS) is 11.6. The van der Waals surface area contributed by atoms with Gasteiger partial charge in [0.15, 0.2) is 0 Å². The van der Waals surface area contributed by atoms with E-state index < -0.39 is 5.56 Å². The molecule has 5 nitrogen and oxygen atoms in total. The molecule has 96 valence electrons. The van der Waals surface area contributed by atoms with Gasteiger partial charge in [0.25, 0.3) is 5.56 Å². The van der Waals surface area contributed by atoms with Crippen LogP contribution in [0.3, 0.4) is 0 Å². The van der Waals surface area contributed by atoms with Crippen LogP contribution >= 0.6 is 11.6 Å². The SMILES string of the molecule is CC(Nc1cn[nH]c(=O)c1Cl)c1cccc(C#N)c1. The Labute approximate surface area is 114 Å². The maximum Gasteiger partial charge on any atom is 0.285 e. The van der Waals surface area contributed by atoms with Gasteiger partial charge in [0.1, 0.15) is 5.02 Å². The molecule has 2 rings (SSSR count). The number of nitrogens with one attached hydrogen (secondary N) is 2. The molecule has 0 aliphatic heterocycles. The van der Waals surface area contributed by atoms with Crippen LogP contribution in [0.2, 0.25) is 5.02 Å². The van der Waals surface area contributed by atoms with Gasteiger partial charge in [-0.1, -0.05) is 23.7 Å². The van der Waals surface area contributed by atoms with E-state index in [9.17, 15) is 4.79 Å². The van der Waals surface area contributed by atoms with Gasteiger partial charge >= 0.3 is 0 Å². The molecule has 1 atom stereocenters. The molecule has 0 amide bonds. The van der Waals surface area contributed by atoms with Crippen LogP contribution < -0.4 is 10.9 Å². The smallest absolute Gasteiger partial charge is 0.285 e. The van der Waals surface area contributed by atoms with E-state index in [0.29, 0.717) is 11.3 Å². The number of hydrogen-bond acceptors (Lipinski definition) is 4. The largest absolute Gasteiger partial charge is 0.376 e. The lowest BCUT2D eigenvalue weighted by molar-refractivity contribution is 0.874. The minimum absolute atomic E-state index is 0.0679. The van der Waals surface area contributed by atoms with Crippen molar-refractivity contribution in [2.75, 3.05) is 5.32 Å². The summed E-state index contributed by atoms with van der Waals surface area (Å²) in [5, 5.41) is 18.0. The Balaban J connectivity index is 2.26. The summed E-state index contributed by atoms with van der Waals surface area (Å²) in [5.41, 5.74) is 1.53. The molecular weight excluding hydrogens is 264 g/mol. The van der Waals surface area contributed by atoms with E-state index in [0.717, 1.165) is 5.56 Å². The highest BCUT2D eigenvalue weighted by Gasteiger charge is 2.10. The fraction of sp³-hybridized carbons (Fsp3) is 0.154. The van der Waals surface area contributed by atoms with E-state index >= 15 is 0 Å². The van der Waals surface area contributed by atoms with Crippen molar-refractivity contribution in [3.63, 3.8) is 0 Å². The van der Waals surface area contributed by atoms with Gasteiger partial charge in [-0.2, -0.15) is 10.4 Å². The van der Waals surface area contributed by atoms with Gasteiger partial charge in [-0.3, -0.25) is 4.79 Å². The topological polar surface area (TPSA) is 81.6 Å². The van der Waals surface area contributed by atoms with Crippen molar-refractivity contribution in [3.8, 4) is 6.07 Å². The summed E-state index contributed by atoms with van der Waals surface area (Å²) in [7, 11) is 0. The zero-order valence-electron chi connectivity index (χ0n) is 10.1. The minimum Gasteiger partial charge on any atom is -0.376 e. The highest BCUT2D eigenvalue weighted by atomic mass is 35.5. The molecule has 0 spiro atoms. The predicted molar refractivity (Wildman–Crippen MR) is 73.1 cm³/mol. The number of nitrogens with zero attached hydrogens (tertiary/aromatic N) is 2. The average molecular weight is 275 g/mol. The molecule has 2 N–H and O–H groups in total. The quantitative estimate of drug-likeness (QED) is 0.901. The highest BCUT2D eigenvalue weighted by molar-refractivity contribution is 6.32. The number of benzene rings is 1. The Morgan fingerprint density at radius 3 is 3.05 bits per heavy atom. The lowest BCUT2D eigenvalue weighted by atomic mass is 10.1. The van der Waals surface area contributed by atoms with Crippen LogP contribution in [-0.4, -0.2) is 10.2 Å². The van der Waals surface area contributed by atoms with Gasteiger partial charge in [-0.05, 0) is 24.6 Å². The van der Waals surface area contributed by atoms with Crippen LogP contribution in [-0.2, 0) is 0 Å². The molecule has 0 bridgehead atoms. The molecule has 1 unspecified atom stereocenters. The molecular formula is C13H11ClN4O. The first kappa shape index (κ1) is 13.1. The molecule has 0 saturated carbocycles. The van der Waals surface area contributed by atoms with Crippen molar-refractivity contribution >= 4 is 17.3 Å². The van der Waals surface area contributed by atoms with Crippen LogP contribution in [0, 0.1) is 11.3 Å². The first-order valence-corrected chi connectivity index (χ1v) is 5.99. The summed E-state index contributed by atoms with van der Waals surface area (Å²) < 4.78 is 0. The number of aromatic nitrogens is 2. The molecule has 1 aromatic carbocycles. The summed E-state index contributed by atoms with van der Waals surface area (Å²) >= 11 is 5.88. The molecule has 0 saturated heterocycles. The molecule has 1 heterocycles. The van der Waals surface area contributed by atoms with Gasteiger partial charge in [-0.15, -0.1) is 0 Å². The van der Waals surface area contributed by atoms with E-state index in [1.165, 1.54) is 6.20 Å². The van der Waals surface area contributed by atoms with E-state index in [1.54, 1.807) is 12.1 Å². The lowest BCUT2D eigenvalue weighted by Crippen LogP contribution is -2.14. The van der Waals surface area contributed by atoms with Crippen LogP contribution in [0.15, 0.2) is 35.3 Å². The van der Waals surface area contributed by atoms with Gasteiger partial charge in [0.05, 0.1) is 23.5 Å². The summed E-state index contributed by atoms with van der Waals surface area (Å²) in [6.07, 6.45) is 1.45. The van der Waals surface area contributed by atoms with E-state index in [4.69, 9.17) is 16.9 Å². The van der Waals surface area contributed by atoms with Gasteiger partial charge < -0.3 is 5.32 Å². The van der Waals surface area contributed by atoms with Crippen LogP contribution in [0.25, 0.3) is 0 Å². The van der Waals surface area contributed by atoms with Crippen molar-refractivity contribution in [3.05, 3.63) is 57.0 Å². The van der Waals surface area contributed by atoms with Crippen molar-refractivity contribution < 1.29 is 0 Å². The molecule has 6 heteroatoms. The third kappa shape index (κ3) is 2.92. The molecule has 1 aromatic heterocycles. The maximum absolute atomic E-state index is 11.3. The third-order valence-electron chi connectivity index (χ3n) is 2.68. The molecule has 0 fully saturated rings. The lowest BCUT2D eigenvalue weighted by Gasteiger charge is -2.16. The third-order valence-corrected chi connectivity index (χ3v) is 3.06. The van der Waals surface area contributed by atoms with Crippen molar-refractivity contribution in [1.29, 1.82) is 5.26 Å². The summed E-state index contributed by atoms with van der Waals surface area (Å²) in [6, 6.07) is 9.21. The second kappa shape index (κ2) is 5.55. The van der Waals surface area contributed by atoms with Crippen molar-refractivity contribution in [2.24, 2.45) is 0 Å². The number of hydrogen-bond donors (Lipinski definition) is 2. The number of halogens is 1. The number of rotatable bonds is 3. The van der Waals surface area contributed by atoms with Gasteiger partial charge in [0, 0.05) is 6.04 Å². The second-order valence-corrected chi connectivity index (χ2v) is 4.41. The summed E-state index contributed by atoms with van der Waals surface area (Å²) in [5.74, 6) is 0. The summed E-state index contributed by atoms with van der Waals surface area (Å²) in [6.45, 7) is 1.91. The first-order valence-electron chi connectivity index (χ1n) is 5.61. The number of nitriles is 1. The fourth-order valence-electron chi connectivity index (χ4n) is 1.68. The maximum atomic E-state index is 11.3. The summed E-state index contributed by atoms with van der Waals surface area (Å²) in [4.78, 5) is 11.3. The Morgan fingerprint density at radius 2 is 2.32 bits per heavy atom. The van der Waals surface area contributed by atoms with Crippen LogP contribution in [0.5, 0.6) is 0 Å². The average Bonchev–Trinajstić information content (AvgIpc) is 2.44. The Morgan fingerprint density at radius 1 is 1.53 bits per heavy atom. The monoisotopic (exact) mass is 274 g/mol. The minimum atomic E-state index is -0.440. The molecule has 2 aromatic rings. The zero-order valence-corrected chi connectivity index (χ0v) is 10.9. The molecule has 0 radical (unpaired) electrons. The standard InChI is InChI=1S/C13H11ClN4O/c1-8(10-4-2-3-9(5-10)6-15)17-11-7-16-18-13(19)12(11)14/h2-5,7-8H,1H3,(H2,17,18,19). The number of anilines is 1. The predicted octanol–water partition coefficient (Wildman–Crippen LogP) is 2.47. The Hall–Kier alpha value is -2.32. The molecule has 0 aliphatic carbocycles. The van der Waals surface area contributed by atoms with Crippen LogP contribution in [0.1, 0.15) is 24.1 Å². The van der Waals surface area contributed by atoms with Crippen molar-refractivity contribution in [1.82, 2.24) is 10.2 Å². The Bertz CT molecular complexity index is 690. The zero-order chi connectivity index (χ0) is 13.8. The molecule has 19 heavy (non-hydrogen) atoms. The number of H-pyrrole nitrogens is 1. The second-order valence-electron chi connectivity index (χ2n) is 4.03. The Kier molecular flexibility index (Phi) is 3.83. The van der Waals surface area contributed by atoms with Crippen LogP contribution in [0.4, 0.5) is 5.69 Å². The first-order chi connectivity index (χ1) is 9.11. The van der Waals surface area contributed by atoms with Crippen molar-refractivity contribution in [2.45, 2.75) is 13.0 Å². The van der Waals surface area contributed by atoms with E-state index in [1.807, 2.05) is 19.1 Å². The van der Waals surface area contributed by atoms with E-state index in [-0.39, 0.29) is 11.1 Å². The van der Waals surface area contributed by atoms with E-state index in [2.05, 4.69) is 21.6 Å². The number of aromatic amines is 1.